The number of methoxy groups -OCH3 is 1. The summed E-state index contributed by atoms with van der Waals surface area (Å²) in [6, 6.07) is 0. The first kappa shape index (κ1) is 15.7. The van der Waals surface area contributed by atoms with Gasteiger partial charge in [-0.1, -0.05) is 0 Å². The zero-order valence-corrected chi connectivity index (χ0v) is 10.8. The van der Waals surface area contributed by atoms with Crippen molar-refractivity contribution >= 4 is 0 Å². The summed E-state index contributed by atoms with van der Waals surface area (Å²) in [5.74, 6) is 0.102. The molecule has 1 N–H and O–H groups in total. The quantitative estimate of drug-likeness (QED) is 0.652. The molecule has 0 amide bonds. The van der Waals surface area contributed by atoms with E-state index in [0.717, 1.165) is 12.8 Å². The number of alkyl halides is 3. The lowest BCUT2D eigenvalue weighted by molar-refractivity contribution is -0.226. The lowest BCUT2D eigenvalue weighted by atomic mass is 9.95. The molecule has 0 saturated carbocycles. The van der Waals surface area contributed by atoms with Crippen LogP contribution in [0.3, 0.4) is 0 Å². The summed E-state index contributed by atoms with van der Waals surface area (Å²) in [4.78, 5) is 0. The molecule has 0 aromatic carbocycles. The standard InChI is InChI=1S/C12H22F3NO2/c1-17-5-3-2-4-6-18-11(12(13,14)15)7-10-8-16-9-10/h10-11,16H,2-9H2,1H3. The van der Waals surface area contributed by atoms with Crippen LogP contribution in [0.5, 0.6) is 0 Å². The van der Waals surface area contributed by atoms with Crippen molar-refractivity contribution in [2.45, 2.75) is 38.0 Å². The molecule has 1 unspecified atom stereocenters. The number of nitrogens with one attached hydrogen (secondary N) is 1. The van der Waals surface area contributed by atoms with Gasteiger partial charge in [0.25, 0.3) is 0 Å². The van der Waals surface area contributed by atoms with Gasteiger partial charge in [0.15, 0.2) is 6.10 Å². The van der Waals surface area contributed by atoms with Crippen molar-refractivity contribution in [3.8, 4) is 0 Å². The predicted molar refractivity (Wildman–Crippen MR) is 62.5 cm³/mol. The van der Waals surface area contributed by atoms with Crippen molar-refractivity contribution in [3.63, 3.8) is 0 Å². The Morgan fingerprint density at radius 1 is 1.17 bits per heavy atom. The molecule has 1 saturated heterocycles. The van der Waals surface area contributed by atoms with E-state index in [-0.39, 0.29) is 18.9 Å². The number of rotatable bonds is 9. The molecule has 0 bridgehead atoms. The van der Waals surface area contributed by atoms with Crippen LogP contribution in [-0.2, 0) is 9.47 Å². The second-order valence-corrected chi connectivity index (χ2v) is 4.71. The highest BCUT2D eigenvalue weighted by atomic mass is 19.4. The normalized spacial score (nSPS) is 18.7. The monoisotopic (exact) mass is 269 g/mol. The highest BCUT2D eigenvalue weighted by molar-refractivity contribution is 4.81. The third kappa shape index (κ3) is 6.02. The molecule has 1 atom stereocenters. The molecule has 3 nitrogen and oxygen atoms in total. The lowest BCUT2D eigenvalue weighted by Crippen LogP contribution is -2.46. The maximum absolute atomic E-state index is 12.7. The fourth-order valence-electron chi connectivity index (χ4n) is 1.86. The minimum Gasteiger partial charge on any atom is -0.385 e. The molecule has 0 spiro atoms. The maximum Gasteiger partial charge on any atom is 0.414 e. The van der Waals surface area contributed by atoms with Crippen LogP contribution in [0.1, 0.15) is 25.7 Å². The Hall–Kier alpha value is -0.330. The highest BCUT2D eigenvalue weighted by Crippen LogP contribution is 2.29. The Morgan fingerprint density at radius 3 is 2.33 bits per heavy atom. The van der Waals surface area contributed by atoms with Gasteiger partial charge in [-0.2, -0.15) is 13.2 Å². The Labute approximate surface area is 106 Å². The van der Waals surface area contributed by atoms with E-state index in [1.165, 1.54) is 0 Å². The van der Waals surface area contributed by atoms with Crippen LogP contribution in [0.15, 0.2) is 0 Å². The number of ether oxygens (including phenoxy) is 2. The molecule has 0 aliphatic carbocycles. The summed E-state index contributed by atoms with van der Waals surface area (Å²) in [5, 5.41) is 2.97. The Bertz CT molecular complexity index is 220. The van der Waals surface area contributed by atoms with Gasteiger partial charge in [-0.15, -0.1) is 0 Å². The molecule has 0 radical (unpaired) electrons. The van der Waals surface area contributed by atoms with E-state index in [9.17, 15) is 13.2 Å². The van der Waals surface area contributed by atoms with E-state index in [1.807, 2.05) is 0 Å². The molecule has 0 aromatic rings. The lowest BCUT2D eigenvalue weighted by Gasteiger charge is -2.31. The van der Waals surface area contributed by atoms with Crippen LogP contribution in [0.4, 0.5) is 13.2 Å². The van der Waals surface area contributed by atoms with Crippen molar-refractivity contribution in [3.05, 3.63) is 0 Å². The average Bonchev–Trinajstić information content (AvgIpc) is 2.22. The van der Waals surface area contributed by atoms with Crippen molar-refractivity contribution in [2.24, 2.45) is 5.92 Å². The summed E-state index contributed by atoms with van der Waals surface area (Å²) in [6.07, 6.45) is -3.42. The van der Waals surface area contributed by atoms with Crippen molar-refractivity contribution in [1.29, 1.82) is 0 Å². The second kappa shape index (κ2) is 7.96. The van der Waals surface area contributed by atoms with Gasteiger partial charge in [0.2, 0.25) is 0 Å². The first-order chi connectivity index (χ1) is 8.54. The van der Waals surface area contributed by atoms with Crippen molar-refractivity contribution < 1.29 is 22.6 Å². The maximum atomic E-state index is 12.7. The molecule has 1 aliphatic heterocycles. The minimum absolute atomic E-state index is 0.0779. The fourth-order valence-corrected chi connectivity index (χ4v) is 1.86. The third-order valence-corrected chi connectivity index (χ3v) is 3.09. The minimum atomic E-state index is -4.25. The first-order valence-corrected chi connectivity index (χ1v) is 6.42. The number of hydrogen-bond donors (Lipinski definition) is 1. The van der Waals surface area contributed by atoms with Crippen LogP contribution in [-0.4, -0.2) is 45.7 Å². The summed E-state index contributed by atoms with van der Waals surface area (Å²) in [5.41, 5.74) is 0. The van der Waals surface area contributed by atoms with E-state index in [0.29, 0.717) is 26.1 Å². The molecule has 1 rings (SSSR count). The molecule has 108 valence electrons. The molecule has 6 heteroatoms. The molecule has 18 heavy (non-hydrogen) atoms. The molecule has 1 heterocycles. The van der Waals surface area contributed by atoms with Crippen LogP contribution < -0.4 is 5.32 Å². The van der Waals surface area contributed by atoms with E-state index < -0.39 is 12.3 Å². The van der Waals surface area contributed by atoms with E-state index in [1.54, 1.807) is 7.11 Å². The molecule has 0 aromatic heterocycles. The first-order valence-electron chi connectivity index (χ1n) is 6.42. The summed E-state index contributed by atoms with van der Waals surface area (Å²) in [7, 11) is 1.61. The van der Waals surface area contributed by atoms with Crippen LogP contribution >= 0.6 is 0 Å². The Balaban J connectivity index is 2.15. The van der Waals surface area contributed by atoms with Gasteiger partial charge in [-0.3, -0.25) is 0 Å². The van der Waals surface area contributed by atoms with E-state index in [4.69, 9.17) is 9.47 Å². The van der Waals surface area contributed by atoms with Gasteiger partial charge in [0.05, 0.1) is 0 Å². The largest absolute Gasteiger partial charge is 0.414 e. The summed E-state index contributed by atoms with van der Waals surface area (Å²) >= 11 is 0. The summed E-state index contributed by atoms with van der Waals surface area (Å²) in [6.45, 7) is 2.16. The smallest absolute Gasteiger partial charge is 0.385 e. The van der Waals surface area contributed by atoms with Gasteiger partial charge >= 0.3 is 6.18 Å². The van der Waals surface area contributed by atoms with Gasteiger partial charge in [0.1, 0.15) is 0 Å². The van der Waals surface area contributed by atoms with E-state index in [2.05, 4.69) is 5.32 Å². The SMILES string of the molecule is COCCCCCOC(CC1CNC1)C(F)(F)F. The zero-order chi connectivity index (χ0) is 13.4. The predicted octanol–water partition coefficient (Wildman–Crippen LogP) is 2.36. The highest BCUT2D eigenvalue weighted by Gasteiger charge is 2.42. The zero-order valence-electron chi connectivity index (χ0n) is 10.8. The third-order valence-electron chi connectivity index (χ3n) is 3.09. The second-order valence-electron chi connectivity index (χ2n) is 4.71. The van der Waals surface area contributed by atoms with Gasteiger partial charge in [0, 0.05) is 20.3 Å². The van der Waals surface area contributed by atoms with Crippen LogP contribution in [0.2, 0.25) is 0 Å². The fraction of sp³-hybridized carbons (Fsp3) is 1.00. The Morgan fingerprint density at radius 2 is 1.83 bits per heavy atom. The number of unbranched alkanes of at least 4 members (excludes halogenated alkanes) is 2. The number of hydrogen-bond acceptors (Lipinski definition) is 3. The Kier molecular flexibility index (Phi) is 6.96. The van der Waals surface area contributed by atoms with Gasteiger partial charge < -0.3 is 14.8 Å². The van der Waals surface area contributed by atoms with E-state index >= 15 is 0 Å². The van der Waals surface area contributed by atoms with Gasteiger partial charge in [-0.25, -0.2) is 0 Å². The molecular formula is C12H22F3NO2. The number of halogens is 3. The van der Waals surface area contributed by atoms with Crippen molar-refractivity contribution in [2.75, 3.05) is 33.4 Å². The van der Waals surface area contributed by atoms with Crippen LogP contribution in [0, 0.1) is 5.92 Å². The average molecular weight is 269 g/mol. The molecule has 1 aliphatic rings. The molecular weight excluding hydrogens is 247 g/mol. The molecule has 1 fully saturated rings. The topological polar surface area (TPSA) is 30.5 Å². The van der Waals surface area contributed by atoms with Gasteiger partial charge in [-0.05, 0) is 44.7 Å². The van der Waals surface area contributed by atoms with Crippen LogP contribution in [0.25, 0.3) is 0 Å². The van der Waals surface area contributed by atoms with Crippen molar-refractivity contribution in [1.82, 2.24) is 5.32 Å². The summed E-state index contributed by atoms with van der Waals surface area (Å²) < 4.78 is 48.0.